The first-order chi connectivity index (χ1) is 5.24. The lowest BCUT2D eigenvalue weighted by atomic mass is 10.1. The van der Waals surface area contributed by atoms with Gasteiger partial charge in [-0.1, -0.05) is 23.7 Å². The van der Waals surface area contributed by atoms with Crippen LogP contribution in [0.5, 0.6) is 0 Å². The minimum atomic E-state index is -1.52. The first-order valence-electron chi connectivity index (χ1n) is 3.02. The molecule has 0 spiro atoms. The lowest BCUT2D eigenvalue weighted by Crippen LogP contribution is -1.83. The van der Waals surface area contributed by atoms with Crippen molar-refractivity contribution in [3.8, 4) is 6.07 Å². The smallest absolute Gasteiger partial charge is 0.198 e. The molecule has 0 bridgehead atoms. The molecule has 0 saturated carbocycles. The number of hydrogen-bond donors (Lipinski definition) is 0. The quantitative estimate of drug-likeness (QED) is 0.593. The van der Waals surface area contributed by atoms with Gasteiger partial charge in [0.2, 0.25) is 0 Å². The molecular formula is C8H5ClFN. The maximum atomic E-state index is 12.4. The number of rotatable bonds is 1. The van der Waals surface area contributed by atoms with Gasteiger partial charge in [0.25, 0.3) is 0 Å². The van der Waals surface area contributed by atoms with E-state index in [9.17, 15) is 4.39 Å². The van der Waals surface area contributed by atoms with E-state index >= 15 is 0 Å². The Balaban J connectivity index is 3.03. The lowest BCUT2D eigenvalue weighted by molar-refractivity contribution is 0.460. The first kappa shape index (κ1) is 8.03. The topological polar surface area (TPSA) is 23.8 Å². The highest BCUT2D eigenvalue weighted by atomic mass is 35.5. The number of alkyl halides is 2. The van der Waals surface area contributed by atoms with Crippen molar-refractivity contribution in [1.82, 2.24) is 0 Å². The van der Waals surface area contributed by atoms with Gasteiger partial charge in [-0.3, -0.25) is 0 Å². The van der Waals surface area contributed by atoms with Gasteiger partial charge < -0.3 is 0 Å². The SMILES string of the molecule is N#Cc1cccc(C(F)Cl)c1. The summed E-state index contributed by atoms with van der Waals surface area (Å²) < 4.78 is 12.4. The Morgan fingerprint density at radius 2 is 2.27 bits per heavy atom. The molecule has 1 unspecified atom stereocenters. The van der Waals surface area contributed by atoms with Crippen molar-refractivity contribution in [2.75, 3.05) is 0 Å². The number of nitrogens with zero attached hydrogens (tertiary/aromatic N) is 1. The summed E-state index contributed by atoms with van der Waals surface area (Å²) in [7, 11) is 0. The fourth-order valence-corrected chi connectivity index (χ4v) is 0.880. The van der Waals surface area contributed by atoms with E-state index in [4.69, 9.17) is 16.9 Å². The van der Waals surface area contributed by atoms with Gasteiger partial charge in [0.05, 0.1) is 11.6 Å². The minimum absolute atomic E-state index is 0.325. The molecule has 1 atom stereocenters. The molecule has 0 aromatic heterocycles. The second kappa shape index (κ2) is 3.36. The van der Waals surface area contributed by atoms with Crippen molar-refractivity contribution < 1.29 is 4.39 Å². The lowest BCUT2D eigenvalue weighted by Gasteiger charge is -1.98. The van der Waals surface area contributed by atoms with Crippen LogP contribution in [0.25, 0.3) is 0 Å². The van der Waals surface area contributed by atoms with Crippen LogP contribution in [-0.2, 0) is 0 Å². The molecule has 0 aliphatic carbocycles. The van der Waals surface area contributed by atoms with Crippen LogP contribution in [0.15, 0.2) is 24.3 Å². The van der Waals surface area contributed by atoms with E-state index < -0.39 is 5.63 Å². The van der Waals surface area contributed by atoms with Crippen LogP contribution in [0.3, 0.4) is 0 Å². The van der Waals surface area contributed by atoms with Crippen molar-refractivity contribution >= 4 is 11.6 Å². The van der Waals surface area contributed by atoms with Gasteiger partial charge in [0.15, 0.2) is 5.63 Å². The highest BCUT2D eigenvalue weighted by molar-refractivity contribution is 6.19. The molecule has 1 aromatic carbocycles. The van der Waals surface area contributed by atoms with Gasteiger partial charge in [0.1, 0.15) is 0 Å². The summed E-state index contributed by atoms with van der Waals surface area (Å²) >= 11 is 5.16. The summed E-state index contributed by atoms with van der Waals surface area (Å²) in [6.07, 6.45) is 0. The zero-order valence-electron chi connectivity index (χ0n) is 5.59. The van der Waals surface area contributed by atoms with E-state index in [2.05, 4.69) is 0 Å². The highest BCUT2D eigenvalue weighted by Gasteiger charge is 2.04. The average Bonchev–Trinajstić information content (AvgIpc) is 2.05. The van der Waals surface area contributed by atoms with Gasteiger partial charge in [-0.15, -0.1) is 0 Å². The monoisotopic (exact) mass is 169 g/mol. The van der Waals surface area contributed by atoms with Crippen molar-refractivity contribution in [2.45, 2.75) is 5.63 Å². The third-order valence-electron chi connectivity index (χ3n) is 1.27. The molecule has 0 amide bonds. The number of nitriles is 1. The Kier molecular flexibility index (Phi) is 2.45. The Labute approximate surface area is 69.0 Å². The molecular weight excluding hydrogens is 165 g/mol. The average molecular weight is 170 g/mol. The molecule has 0 fully saturated rings. The normalized spacial score (nSPS) is 12.1. The van der Waals surface area contributed by atoms with Gasteiger partial charge in [-0.25, -0.2) is 4.39 Å². The minimum Gasteiger partial charge on any atom is -0.225 e. The van der Waals surface area contributed by atoms with Gasteiger partial charge in [-0.05, 0) is 12.1 Å². The predicted molar refractivity (Wildman–Crippen MR) is 40.9 cm³/mol. The second-order valence-corrected chi connectivity index (χ2v) is 2.42. The van der Waals surface area contributed by atoms with E-state index in [1.165, 1.54) is 6.07 Å². The summed E-state index contributed by atoms with van der Waals surface area (Å²) in [4.78, 5) is 0. The Morgan fingerprint density at radius 3 is 2.82 bits per heavy atom. The van der Waals surface area contributed by atoms with Crippen LogP contribution >= 0.6 is 11.6 Å². The molecule has 0 N–H and O–H groups in total. The van der Waals surface area contributed by atoms with Crippen LogP contribution in [0, 0.1) is 11.3 Å². The third-order valence-corrected chi connectivity index (χ3v) is 1.52. The summed E-state index contributed by atoms with van der Waals surface area (Å²) in [5, 5.41) is 8.43. The first-order valence-corrected chi connectivity index (χ1v) is 3.46. The fourth-order valence-electron chi connectivity index (χ4n) is 0.744. The molecule has 0 aliphatic rings. The van der Waals surface area contributed by atoms with E-state index in [0.717, 1.165) is 0 Å². The van der Waals surface area contributed by atoms with E-state index in [1.807, 2.05) is 6.07 Å². The Bertz CT molecular complexity index is 290. The fraction of sp³-hybridized carbons (Fsp3) is 0.125. The Hall–Kier alpha value is -1.07. The van der Waals surface area contributed by atoms with Gasteiger partial charge in [-0.2, -0.15) is 5.26 Å². The molecule has 11 heavy (non-hydrogen) atoms. The van der Waals surface area contributed by atoms with E-state index in [-0.39, 0.29) is 0 Å². The van der Waals surface area contributed by atoms with Crippen molar-refractivity contribution in [2.24, 2.45) is 0 Å². The maximum Gasteiger partial charge on any atom is 0.198 e. The zero-order chi connectivity index (χ0) is 8.27. The molecule has 1 nitrogen and oxygen atoms in total. The van der Waals surface area contributed by atoms with Gasteiger partial charge >= 0.3 is 0 Å². The molecule has 0 aliphatic heterocycles. The third kappa shape index (κ3) is 1.92. The Morgan fingerprint density at radius 1 is 1.55 bits per heavy atom. The number of benzene rings is 1. The predicted octanol–water partition coefficient (Wildman–Crippen LogP) is 2.77. The van der Waals surface area contributed by atoms with Crippen molar-refractivity contribution in [3.63, 3.8) is 0 Å². The summed E-state index contributed by atoms with van der Waals surface area (Å²) in [6, 6.07) is 8.07. The number of halogens is 2. The molecule has 1 rings (SSSR count). The molecule has 0 radical (unpaired) electrons. The van der Waals surface area contributed by atoms with Crippen LogP contribution in [0.2, 0.25) is 0 Å². The van der Waals surface area contributed by atoms with E-state index in [0.29, 0.717) is 11.1 Å². The van der Waals surface area contributed by atoms with Gasteiger partial charge in [0, 0.05) is 5.56 Å². The standard InChI is InChI=1S/C8H5ClFN/c9-8(10)7-3-1-2-6(4-7)5-11/h1-4,8H. The van der Waals surface area contributed by atoms with Crippen LogP contribution in [0.1, 0.15) is 16.8 Å². The van der Waals surface area contributed by atoms with Crippen LogP contribution < -0.4 is 0 Å². The van der Waals surface area contributed by atoms with Crippen LogP contribution in [0.4, 0.5) is 4.39 Å². The molecule has 3 heteroatoms. The zero-order valence-corrected chi connectivity index (χ0v) is 6.35. The highest BCUT2D eigenvalue weighted by Crippen LogP contribution is 2.21. The van der Waals surface area contributed by atoms with Crippen molar-refractivity contribution in [1.29, 1.82) is 5.26 Å². The molecule has 0 saturated heterocycles. The number of hydrogen-bond acceptors (Lipinski definition) is 1. The largest absolute Gasteiger partial charge is 0.225 e. The molecule has 0 heterocycles. The van der Waals surface area contributed by atoms with Crippen molar-refractivity contribution in [3.05, 3.63) is 35.4 Å². The second-order valence-electron chi connectivity index (χ2n) is 2.04. The van der Waals surface area contributed by atoms with E-state index in [1.54, 1.807) is 18.2 Å². The molecule has 56 valence electrons. The summed E-state index contributed by atoms with van der Waals surface area (Å²) in [5.41, 5.74) is -0.778. The van der Waals surface area contributed by atoms with Crippen LogP contribution in [-0.4, -0.2) is 0 Å². The molecule has 1 aromatic rings. The summed E-state index contributed by atoms with van der Waals surface area (Å²) in [5.74, 6) is 0. The summed E-state index contributed by atoms with van der Waals surface area (Å²) in [6.45, 7) is 0. The maximum absolute atomic E-state index is 12.4.